The standard InChI is InChI=1S/C22H26ClFN2O2S/c1-3-12-25-22(28)16(2)26(13-17-8-5-7-11-20(17)24)21(27)15-29-14-18-9-4-6-10-19(18)23/h4-11,16H,3,12-15H2,1-2H3,(H,25,28). The van der Waals surface area contributed by atoms with Crippen LogP contribution in [0.3, 0.4) is 0 Å². The average molecular weight is 437 g/mol. The predicted octanol–water partition coefficient (Wildman–Crippen LogP) is 4.66. The fraction of sp³-hybridized carbons (Fsp3) is 0.364. The molecule has 0 aliphatic heterocycles. The molecule has 1 N–H and O–H groups in total. The van der Waals surface area contributed by atoms with E-state index in [2.05, 4.69) is 5.32 Å². The van der Waals surface area contributed by atoms with Crippen molar-refractivity contribution in [2.75, 3.05) is 12.3 Å². The van der Waals surface area contributed by atoms with Gasteiger partial charge in [-0.1, -0.05) is 54.9 Å². The molecule has 2 amide bonds. The number of carbonyl (C=O) groups excluding carboxylic acids is 2. The van der Waals surface area contributed by atoms with E-state index in [1.54, 1.807) is 25.1 Å². The summed E-state index contributed by atoms with van der Waals surface area (Å²) in [4.78, 5) is 26.8. The van der Waals surface area contributed by atoms with Gasteiger partial charge in [0.25, 0.3) is 0 Å². The summed E-state index contributed by atoms with van der Waals surface area (Å²) in [6.45, 7) is 4.20. The maximum Gasteiger partial charge on any atom is 0.242 e. The summed E-state index contributed by atoms with van der Waals surface area (Å²) in [7, 11) is 0. The Morgan fingerprint density at radius 3 is 2.45 bits per heavy atom. The minimum absolute atomic E-state index is 0.0405. The number of amides is 2. The van der Waals surface area contributed by atoms with E-state index in [4.69, 9.17) is 11.6 Å². The number of carbonyl (C=O) groups is 2. The number of rotatable bonds is 10. The molecule has 7 heteroatoms. The molecule has 2 aromatic carbocycles. The van der Waals surface area contributed by atoms with E-state index in [-0.39, 0.29) is 24.1 Å². The van der Waals surface area contributed by atoms with Gasteiger partial charge in [-0.15, -0.1) is 11.8 Å². The molecule has 0 aromatic heterocycles. The highest BCUT2D eigenvalue weighted by Gasteiger charge is 2.26. The Morgan fingerprint density at radius 2 is 1.79 bits per heavy atom. The lowest BCUT2D eigenvalue weighted by atomic mass is 10.1. The fourth-order valence-corrected chi connectivity index (χ4v) is 3.93. The number of halogens is 2. The van der Waals surface area contributed by atoms with Crippen LogP contribution in [-0.4, -0.2) is 35.1 Å². The summed E-state index contributed by atoms with van der Waals surface area (Å²) in [5.41, 5.74) is 1.33. The molecule has 29 heavy (non-hydrogen) atoms. The highest BCUT2D eigenvalue weighted by molar-refractivity contribution is 7.99. The first-order chi connectivity index (χ1) is 13.9. The lowest BCUT2D eigenvalue weighted by Gasteiger charge is -2.29. The first kappa shape index (κ1) is 23.2. The molecule has 4 nitrogen and oxygen atoms in total. The quantitative estimate of drug-likeness (QED) is 0.589. The van der Waals surface area contributed by atoms with E-state index in [0.29, 0.717) is 22.9 Å². The fourth-order valence-electron chi connectivity index (χ4n) is 2.74. The van der Waals surface area contributed by atoms with Gasteiger partial charge in [-0.05, 0) is 31.0 Å². The van der Waals surface area contributed by atoms with Crippen molar-refractivity contribution in [2.24, 2.45) is 0 Å². The molecule has 0 saturated carbocycles. The van der Waals surface area contributed by atoms with Crippen LogP contribution in [0.2, 0.25) is 5.02 Å². The Morgan fingerprint density at radius 1 is 1.14 bits per heavy atom. The Kier molecular flexibility index (Phi) is 9.48. The second kappa shape index (κ2) is 11.8. The molecule has 156 valence electrons. The summed E-state index contributed by atoms with van der Waals surface area (Å²) in [5, 5.41) is 3.46. The molecule has 0 radical (unpaired) electrons. The minimum Gasteiger partial charge on any atom is -0.354 e. The number of thioether (sulfide) groups is 1. The van der Waals surface area contributed by atoms with Crippen LogP contribution in [0.25, 0.3) is 0 Å². The highest BCUT2D eigenvalue weighted by Crippen LogP contribution is 2.22. The predicted molar refractivity (Wildman–Crippen MR) is 117 cm³/mol. The van der Waals surface area contributed by atoms with Gasteiger partial charge in [0.1, 0.15) is 11.9 Å². The molecule has 1 unspecified atom stereocenters. The SMILES string of the molecule is CCCNC(=O)C(C)N(Cc1ccccc1F)C(=O)CSCc1ccccc1Cl. The second-order valence-electron chi connectivity index (χ2n) is 6.66. The number of nitrogens with zero attached hydrogens (tertiary/aromatic N) is 1. The van der Waals surface area contributed by atoms with Gasteiger partial charge in [0, 0.05) is 29.4 Å². The Balaban J connectivity index is 2.08. The van der Waals surface area contributed by atoms with Crippen molar-refractivity contribution in [2.45, 2.75) is 38.6 Å². The van der Waals surface area contributed by atoms with Crippen LogP contribution in [0.4, 0.5) is 4.39 Å². The average Bonchev–Trinajstić information content (AvgIpc) is 2.72. The topological polar surface area (TPSA) is 49.4 Å². The second-order valence-corrected chi connectivity index (χ2v) is 8.06. The van der Waals surface area contributed by atoms with E-state index in [0.717, 1.165) is 12.0 Å². The van der Waals surface area contributed by atoms with Gasteiger partial charge in [-0.3, -0.25) is 9.59 Å². The first-order valence-electron chi connectivity index (χ1n) is 9.55. The van der Waals surface area contributed by atoms with Gasteiger partial charge in [0.2, 0.25) is 11.8 Å². The summed E-state index contributed by atoms with van der Waals surface area (Å²) >= 11 is 7.58. The molecule has 0 saturated heterocycles. The lowest BCUT2D eigenvalue weighted by Crippen LogP contribution is -2.48. The third-order valence-electron chi connectivity index (χ3n) is 4.46. The summed E-state index contributed by atoms with van der Waals surface area (Å²) in [5.74, 6) is -0.104. The molecule has 0 aliphatic rings. The van der Waals surface area contributed by atoms with E-state index in [9.17, 15) is 14.0 Å². The molecule has 0 heterocycles. The number of benzene rings is 2. The van der Waals surface area contributed by atoms with Crippen LogP contribution >= 0.6 is 23.4 Å². The number of hydrogen-bond acceptors (Lipinski definition) is 3. The normalized spacial score (nSPS) is 11.7. The van der Waals surface area contributed by atoms with Crippen LogP contribution in [0, 0.1) is 5.82 Å². The van der Waals surface area contributed by atoms with Crippen LogP contribution in [-0.2, 0) is 21.9 Å². The van der Waals surface area contributed by atoms with Crippen LogP contribution in [0.1, 0.15) is 31.4 Å². The van der Waals surface area contributed by atoms with Crippen molar-refractivity contribution in [3.05, 3.63) is 70.5 Å². The van der Waals surface area contributed by atoms with Crippen LogP contribution in [0.5, 0.6) is 0 Å². The Bertz CT molecular complexity index is 834. The monoisotopic (exact) mass is 436 g/mol. The third kappa shape index (κ3) is 7.05. The van der Waals surface area contributed by atoms with Gasteiger partial charge in [-0.2, -0.15) is 0 Å². The lowest BCUT2D eigenvalue weighted by molar-refractivity contribution is -0.138. The molecule has 2 aromatic rings. The van der Waals surface area contributed by atoms with Gasteiger partial charge in [0.15, 0.2) is 0 Å². The van der Waals surface area contributed by atoms with Crippen LogP contribution < -0.4 is 5.32 Å². The van der Waals surface area contributed by atoms with E-state index in [1.165, 1.54) is 22.7 Å². The van der Waals surface area contributed by atoms with Crippen molar-refractivity contribution in [1.29, 1.82) is 0 Å². The first-order valence-corrected chi connectivity index (χ1v) is 11.1. The molecular weight excluding hydrogens is 411 g/mol. The third-order valence-corrected chi connectivity index (χ3v) is 5.79. The zero-order valence-electron chi connectivity index (χ0n) is 16.7. The summed E-state index contributed by atoms with van der Waals surface area (Å²) in [6.07, 6.45) is 0.799. The smallest absolute Gasteiger partial charge is 0.242 e. The molecule has 0 spiro atoms. The van der Waals surface area contributed by atoms with Crippen molar-refractivity contribution in [3.8, 4) is 0 Å². The molecular formula is C22H26ClFN2O2S. The summed E-state index contributed by atoms with van der Waals surface area (Å²) < 4.78 is 14.1. The highest BCUT2D eigenvalue weighted by atomic mass is 35.5. The number of hydrogen-bond donors (Lipinski definition) is 1. The van der Waals surface area contributed by atoms with E-state index >= 15 is 0 Å². The van der Waals surface area contributed by atoms with Crippen LogP contribution in [0.15, 0.2) is 48.5 Å². The number of nitrogens with one attached hydrogen (secondary N) is 1. The van der Waals surface area contributed by atoms with E-state index in [1.807, 2.05) is 31.2 Å². The largest absolute Gasteiger partial charge is 0.354 e. The van der Waals surface area contributed by atoms with Crippen molar-refractivity contribution in [1.82, 2.24) is 10.2 Å². The Hall–Kier alpha value is -2.05. The Labute approximate surface area is 180 Å². The molecule has 0 bridgehead atoms. The maximum absolute atomic E-state index is 14.1. The maximum atomic E-state index is 14.1. The van der Waals surface area contributed by atoms with E-state index < -0.39 is 11.9 Å². The van der Waals surface area contributed by atoms with Crippen molar-refractivity contribution in [3.63, 3.8) is 0 Å². The van der Waals surface area contributed by atoms with Gasteiger partial charge < -0.3 is 10.2 Å². The zero-order chi connectivity index (χ0) is 21.2. The van der Waals surface area contributed by atoms with Gasteiger partial charge in [-0.25, -0.2) is 4.39 Å². The minimum atomic E-state index is -0.699. The van der Waals surface area contributed by atoms with Crippen molar-refractivity contribution >= 4 is 35.2 Å². The summed E-state index contributed by atoms with van der Waals surface area (Å²) in [6, 6.07) is 13.1. The van der Waals surface area contributed by atoms with Gasteiger partial charge >= 0.3 is 0 Å². The van der Waals surface area contributed by atoms with Gasteiger partial charge in [0.05, 0.1) is 5.75 Å². The molecule has 0 aliphatic carbocycles. The van der Waals surface area contributed by atoms with Crippen molar-refractivity contribution < 1.29 is 14.0 Å². The molecule has 0 fully saturated rings. The molecule has 2 rings (SSSR count). The molecule has 1 atom stereocenters. The zero-order valence-corrected chi connectivity index (χ0v) is 18.2.